The summed E-state index contributed by atoms with van der Waals surface area (Å²) in [6.07, 6.45) is 4.48. The van der Waals surface area contributed by atoms with Crippen molar-refractivity contribution >= 4 is 5.91 Å². The molecule has 1 heterocycles. The van der Waals surface area contributed by atoms with Crippen molar-refractivity contribution in [3.8, 4) is 0 Å². The van der Waals surface area contributed by atoms with Crippen molar-refractivity contribution in [2.24, 2.45) is 0 Å². The quantitative estimate of drug-likeness (QED) is 0.587. The Morgan fingerprint density at radius 2 is 1.92 bits per heavy atom. The zero-order valence-electron chi connectivity index (χ0n) is 7.94. The van der Waals surface area contributed by atoms with Crippen molar-refractivity contribution in [3.05, 3.63) is 11.1 Å². The second-order valence-electron chi connectivity index (χ2n) is 2.94. The highest BCUT2D eigenvalue weighted by Crippen LogP contribution is 2.29. The van der Waals surface area contributed by atoms with Gasteiger partial charge >= 0.3 is 0 Å². The Morgan fingerprint density at radius 3 is 2.58 bits per heavy atom. The molecular formula is C10H17NO. The summed E-state index contributed by atoms with van der Waals surface area (Å²) in [6.45, 7) is 4.86. The van der Waals surface area contributed by atoms with Gasteiger partial charge < -0.3 is 5.32 Å². The SMILES string of the molecule is CC.O=C1NCCC2=C1CCC2. The fourth-order valence-electron chi connectivity index (χ4n) is 1.79. The number of hydrogen-bond acceptors (Lipinski definition) is 1. The second-order valence-corrected chi connectivity index (χ2v) is 2.94. The molecule has 2 heteroatoms. The first-order valence-electron chi connectivity index (χ1n) is 4.87. The van der Waals surface area contributed by atoms with Gasteiger partial charge in [-0.2, -0.15) is 0 Å². The predicted molar refractivity (Wildman–Crippen MR) is 49.9 cm³/mol. The van der Waals surface area contributed by atoms with Gasteiger partial charge in [-0.25, -0.2) is 0 Å². The molecule has 0 saturated carbocycles. The molecule has 0 atom stereocenters. The molecule has 2 nitrogen and oxygen atoms in total. The molecule has 2 aliphatic rings. The molecule has 1 aliphatic carbocycles. The highest BCUT2D eigenvalue weighted by atomic mass is 16.1. The summed E-state index contributed by atoms with van der Waals surface area (Å²) in [5, 5.41) is 2.86. The molecule has 0 aromatic carbocycles. The van der Waals surface area contributed by atoms with E-state index in [1.54, 1.807) is 0 Å². The van der Waals surface area contributed by atoms with Gasteiger partial charge in [-0.05, 0) is 25.7 Å². The van der Waals surface area contributed by atoms with Crippen LogP contribution in [0.1, 0.15) is 39.5 Å². The minimum atomic E-state index is 0.193. The summed E-state index contributed by atoms with van der Waals surface area (Å²) in [5.74, 6) is 0.193. The van der Waals surface area contributed by atoms with Crippen molar-refractivity contribution in [2.75, 3.05) is 6.54 Å². The van der Waals surface area contributed by atoms with Gasteiger partial charge in [0.15, 0.2) is 0 Å². The Bertz CT molecular complexity index is 206. The standard InChI is InChI=1S/C8H11NO.C2H6/c10-8-7-3-1-2-6(7)4-5-9-8;1-2/h1-5H2,(H,9,10);1-2H3. The molecule has 0 saturated heterocycles. The van der Waals surface area contributed by atoms with Crippen LogP contribution < -0.4 is 5.32 Å². The zero-order valence-corrected chi connectivity index (χ0v) is 7.94. The van der Waals surface area contributed by atoms with E-state index in [1.165, 1.54) is 18.4 Å². The maximum absolute atomic E-state index is 11.1. The molecule has 68 valence electrons. The van der Waals surface area contributed by atoms with E-state index < -0.39 is 0 Å². The first-order chi connectivity index (χ1) is 5.88. The molecule has 1 amide bonds. The van der Waals surface area contributed by atoms with Crippen molar-refractivity contribution in [3.63, 3.8) is 0 Å². The van der Waals surface area contributed by atoms with Crippen LogP contribution in [0.3, 0.4) is 0 Å². The Labute approximate surface area is 74.0 Å². The number of hydrogen-bond donors (Lipinski definition) is 1. The van der Waals surface area contributed by atoms with Gasteiger partial charge in [0.25, 0.3) is 0 Å². The van der Waals surface area contributed by atoms with E-state index in [0.29, 0.717) is 0 Å². The average molecular weight is 167 g/mol. The van der Waals surface area contributed by atoms with Crippen LogP contribution in [0.5, 0.6) is 0 Å². The number of nitrogens with one attached hydrogen (secondary N) is 1. The number of rotatable bonds is 0. The molecule has 0 radical (unpaired) electrons. The first-order valence-corrected chi connectivity index (χ1v) is 4.87. The predicted octanol–water partition coefficient (Wildman–Crippen LogP) is 2.01. The van der Waals surface area contributed by atoms with E-state index in [-0.39, 0.29) is 5.91 Å². The van der Waals surface area contributed by atoms with E-state index in [1.807, 2.05) is 13.8 Å². The lowest BCUT2D eigenvalue weighted by atomic mass is 10.0. The molecule has 0 spiro atoms. The monoisotopic (exact) mass is 167 g/mol. The summed E-state index contributed by atoms with van der Waals surface area (Å²) in [7, 11) is 0. The summed E-state index contributed by atoms with van der Waals surface area (Å²) in [4.78, 5) is 11.1. The van der Waals surface area contributed by atoms with Gasteiger partial charge in [0, 0.05) is 12.1 Å². The minimum Gasteiger partial charge on any atom is -0.352 e. The third-order valence-electron chi connectivity index (χ3n) is 2.32. The lowest BCUT2D eigenvalue weighted by Crippen LogP contribution is -2.30. The molecule has 0 aromatic rings. The summed E-state index contributed by atoms with van der Waals surface area (Å²) >= 11 is 0. The Balaban J connectivity index is 0.000000336. The smallest absolute Gasteiger partial charge is 0.247 e. The van der Waals surface area contributed by atoms with Crippen molar-refractivity contribution < 1.29 is 4.79 Å². The lowest BCUT2D eigenvalue weighted by Gasteiger charge is -2.13. The summed E-state index contributed by atoms with van der Waals surface area (Å²) in [6, 6.07) is 0. The number of amides is 1. The van der Waals surface area contributed by atoms with Gasteiger partial charge in [0.2, 0.25) is 5.91 Å². The van der Waals surface area contributed by atoms with Gasteiger partial charge in [0.1, 0.15) is 0 Å². The Hall–Kier alpha value is -0.790. The van der Waals surface area contributed by atoms with Crippen LogP contribution in [0.2, 0.25) is 0 Å². The van der Waals surface area contributed by atoms with Crippen molar-refractivity contribution in [1.29, 1.82) is 0 Å². The molecule has 1 aliphatic heterocycles. The molecule has 12 heavy (non-hydrogen) atoms. The second kappa shape index (κ2) is 4.29. The Morgan fingerprint density at radius 1 is 1.17 bits per heavy atom. The third-order valence-corrected chi connectivity index (χ3v) is 2.32. The maximum atomic E-state index is 11.1. The van der Waals surface area contributed by atoms with Crippen LogP contribution in [-0.4, -0.2) is 12.5 Å². The van der Waals surface area contributed by atoms with Gasteiger partial charge in [-0.15, -0.1) is 0 Å². The minimum absolute atomic E-state index is 0.193. The normalized spacial score (nSPS) is 21.0. The van der Waals surface area contributed by atoms with Crippen LogP contribution in [0.15, 0.2) is 11.1 Å². The molecule has 0 unspecified atom stereocenters. The fraction of sp³-hybridized carbons (Fsp3) is 0.700. The van der Waals surface area contributed by atoms with Crippen molar-refractivity contribution in [1.82, 2.24) is 5.32 Å². The van der Waals surface area contributed by atoms with Gasteiger partial charge in [-0.1, -0.05) is 19.4 Å². The van der Waals surface area contributed by atoms with E-state index in [9.17, 15) is 4.79 Å². The molecule has 0 bridgehead atoms. The largest absolute Gasteiger partial charge is 0.352 e. The summed E-state index contributed by atoms with van der Waals surface area (Å²) < 4.78 is 0. The van der Waals surface area contributed by atoms with Gasteiger partial charge in [-0.3, -0.25) is 4.79 Å². The maximum Gasteiger partial charge on any atom is 0.247 e. The van der Waals surface area contributed by atoms with E-state index >= 15 is 0 Å². The molecular weight excluding hydrogens is 150 g/mol. The lowest BCUT2D eigenvalue weighted by molar-refractivity contribution is -0.117. The van der Waals surface area contributed by atoms with E-state index in [4.69, 9.17) is 0 Å². The van der Waals surface area contributed by atoms with Crippen LogP contribution in [0, 0.1) is 0 Å². The first kappa shape index (κ1) is 9.30. The average Bonchev–Trinajstić information content (AvgIpc) is 2.57. The fourth-order valence-corrected chi connectivity index (χ4v) is 1.79. The third kappa shape index (κ3) is 1.68. The Kier molecular flexibility index (Phi) is 3.32. The highest BCUT2D eigenvalue weighted by Gasteiger charge is 2.23. The molecule has 0 aromatic heterocycles. The summed E-state index contributed by atoms with van der Waals surface area (Å²) in [5.41, 5.74) is 2.51. The van der Waals surface area contributed by atoms with Gasteiger partial charge in [0.05, 0.1) is 0 Å². The van der Waals surface area contributed by atoms with Crippen LogP contribution >= 0.6 is 0 Å². The van der Waals surface area contributed by atoms with E-state index in [0.717, 1.165) is 25.0 Å². The van der Waals surface area contributed by atoms with Crippen LogP contribution in [0.25, 0.3) is 0 Å². The highest BCUT2D eigenvalue weighted by molar-refractivity contribution is 5.95. The number of carbonyl (C=O) groups is 1. The number of carbonyl (C=O) groups excluding carboxylic acids is 1. The zero-order chi connectivity index (χ0) is 8.97. The topological polar surface area (TPSA) is 29.1 Å². The molecule has 0 fully saturated rings. The molecule has 2 rings (SSSR count). The van der Waals surface area contributed by atoms with E-state index in [2.05, 4.69) is 5.32 Å². The van der Waals surface area contributed by atoms with Crippen LogP contribution in [0.4, 0.5) is 0 Å². The van der Waals surface area contributed by atoms with Crippen LogP contribution in [-0.2, 0) is 4.79 Å². The molecule has 1 N–H and O–H groups in total. The van der Waals surface area contributed by atoms with Crippen molar-refractivity contribution in [2.45, 2.75) is 39.5 Å².